The molecule has 0 heterocycles. The Hall–Kier alpha value is -1.06. The van der Waals surface area contributed by atoms with Crippen LogP contribution >= 0.6 is 11.6 Å². The Bertz CT molecular complexity index is 384. The van der Waals surface area contributed by atoms with Gasteiger partial charge in [0.1, 0.15) is 5.60 Å². The lowest BCUT2D eigenvalue weighted by Crippen LogP contribution is -2.37. The monoisotopic (exact) mass is 270 g/mol. The highest BCUT2D eigenvalue weighted by atomic mass is 35.5. The van der Waals surface area contributed by atoms with Crippen molar-refractivity contribution in [1.82, 2.24) is 0 Å². The molecule has 0 aliphatic carbocycles. The van der Waals surface area contributed by atoms with Crippen LogP contribution < -0.4 is 0 Å². The van der Waals surface area contributed by atoms with Crippen molar-refractivity contribution in [2.45, 2.75) is 44.3 Å². The molecule has 3 nitrogen and oxygen atoms in total. The zero-order chi connectivity index (χ0) is 13.8. The summed E-state index contributed by atoms with van der Waals surface area (Å²) < 4.78 is 5.08. The summed E-state index contributed by atoms with van der Waals surface area (Å²) in [5.41, 5.74) is 0.349. The van der Waals surface area contributed by atoms with Crippen LogP contribution in [-0.2, 0) is 16.0 Å². The smallest absolute Gasteiger partial charge is 0.337 e. The molecule has 1 aromatic carbocycles. The second-order valence-electron chi connectivity index (χ2n) is 5.18. The van der Waals surface area contributed by atoms with Gasteiger partial charge in [-0.25, -0.2) is 4.79 Å². The van der Waals surface area contributed by atoms with Gasteiger partial charge in [0.05, 0.1) is 5.38 Å². The molecule has 0 amide bonds. The number of hydrogen-bond donors (Lipinski definition) is 1. The number of carbonyl (C=O) groups is 1. The van der Waals surface area contributed by atoms with Gasteiger partial charge in [-0.3, -0.25) is 0 Å². The Labute approximate surface area is 113 Å². The molecule has 0 unspecified atom stereocenters. The number of rotatable bonds is 4. The number of aliphatic hydroxyl groups excluding tert-OH is 1. The quantitative estimate of drug-likeness (QED) is 0.676. The van der Waals surface area contributed by atoms with Gasteiger partial charge in [-0.05, 0) is 32.8 Å². The second kappa shape index (κ2) is 6.21. The van der Waals surface area contributed by atoms with Crippen molar-refractivity contribution in [1.29, 1.82) is 0 Å². The maximum Gasteiger partial charge on any atom is 0.337 e. The fraction of sp³-hybridized carbons (Fsp3) is 0.500. The first kappa shape index (κ1) is 15.0. The molecule has 0 fully saturated rings. The summed E-state index contributed by atoms with van der Waals surface area (Å²) in [6, 6.07) is 9.48. The predicted octanol–water partition coefficient (Wildman–Crippen LogP) is 2.54. The Morgan fingerprint density at radius 2 is 1.89 bits per heavy atom. The summed E-state index contributed by atoms with van der Waals surface area (Å²) >= 11 is 6.04. The lowest BCUT2D eigenvalue weighted by atomic mass is 10.1. The van der Waals surface area contributed by atoms with Gasteiger partial charge in [0.25, 0.3) is 0 Å². The third-order valence-corrected chi connectivity index (χ3v) is 2.66. The van der Waals surface area contributed by atoms with E-state index in [0.29, 0.717) is 6.42 Å². The van der Waals surface area contributed by atoms with Crippen molar-refractivity contribution in [3.05, 3.63) is 35.9 Å². The molecule has 100 valence electrons. The number of benzene rings is 1. The van der Waals surface area contributed by atoms with E-state index in [1.54, 1.807) is 20.8 Å². The molecular formula is C14H19ClO3. The van der Waals surface area contributed by atoms with Crippen molar-refractivity contribution in [2.24, 2.45) is 0 Å². The van der Waals surface area contributed by atoms with Crippen molar-refractivity contribution >= 4 is 17.6 Å². The fourth-order valence-electron chi connectivity index (χ4n) is 1.46. The molecule has 18 heavy (non-hydrogen) atoms. The van der Waals surface area contributed by atoms with Crippen LogP contribution in [0, 0.1) is 0 Å². The molecule has 0 bridgehead atoms. The molecule has 0 aromatic heterocycles. The maximum absolute atomic E-state index is 11.6. The zero-order valence-electron chi connectivity index (χ0n) is 10.9. The summed E-state index contributed by atoms with van der Waals surface area (Å²) in [5.74, 6) is -0.682. The number of ether oxygens (including phenoxy) is 1. The van der Waals surface area contributed by atoms with Gasteiger partial charge in [0, 0.05) is 0 Å². The van der Waals surface area contributed by atoms with Crippen molar-refractivity contribution < 1.29 is 14.6 Å². The second-order valence-corrected chi connectivity index (χ2v) is 5.74. The normalized spacial score (nSPS) is 14.9. The molecule has 2 atom stereocenters. The van der Waals surface area contributed by atoms with Gasteiger partial charge in [-0.2, -0.15) is 0 Å². The summed E-state index contributed by atoms with van der Waals surface area (Å²) in [6.07, 6.45) is -0.894. The topological polar surface area (TPSA) is 46.5 Å². The molecule has 1 rings (SSSR count). The van der Waals surface area contributed by atoms with E-state index in [-0.39, 0.29) is 0 Å². The molecule has 1 aromatic rings. The molecule has 4 heteroatoms. The predicted molar refractivity (Wildman–Crippen MR) is 71.6 cm³/mol. The van der Waals surface area contributed by atoms with E-state index in [4.69, 9.17) is 16.3 Å². The lowest BCUT2D eigenvalue weighted by molar-refractivity contribution is -0.165. The van der Waals surface area contributed by atoms with E-state index in [9.17, 15) is 9.90 Å². The van der Waals surface area contributed by atoms with Crippen LogP contribution in [0.25, 0.3) is 0 Å². The number of carbonyl (C=O) groups excluding carboxylic acids is 1. The van der Waals surface area contributed by atoms with E-state index in [0.717, 1.165) is 5.56 Å². The first-order valence-corrected chi connectivity index (χ1v) is 6.32. The maximum atomic E-state index is 11.6. The molecule has 0 saturated carbocycles. The third-order valence-electron chi connectivity index (χ3n) is 2.26. The van der Waals surface area contributed by atoms with E-state index in [2.05, 4.69) is 0 Å². The standard InChI is InChI=1S/C14H19ClO3/c1-14(2,3)18-13(17)12(16)11(15)9-10-7-5-4-6-8-10/h4-8,11-12,16H,9H2,1-3H3/t11-,12+/m0/s1. The van der Waals surface area contributed by atoms with Crippen LogP contribution in [0.4, 0.5) is 0 Å². The molecular weight excluding hydrogens is 252 g/mol. The van der Waals surface area contributed by atoms with Gasteiger partial charge in [-0.15, -0.1) is 11.6 Å². The average molecular weight is 271 g/mol. The van der Waals surface area contributed by atoms with Gasteiger partial charge >= 0.3 is 5.97 Å². The number of esters is 1. The highest BCUT2D eigenvalue weighted by molar-refractivity contribution is 6.22. The number of alkyl halides is 1. The molecule has 0 spiro atoms. The molecule has 1 N–H and O–H groups in total. The molecule has 0 aliphatic heterocycles. The number of aliphatic hydroxyl groups is 1. The van der Waals surface area contributed by atoms with E-state index in [1.165, 1.54) is 0 Å². The molecule has 0 saturated heterocycles. The minimum atomic E-state index is -1.31. The largest absolute Gasteiger partial charge is 0.458 e. The Morgan fingerprint density at radius 3 is 2.39 bits per heavy atom. The minimum absolute atomic E-state index is 0.419. The van der Waals surface area contributed by atoms with Gasteiger partial charge in [-0.1, -0.05) is 30.3 Å². The Morgan fingerprint density at radius 1 is 1.33 bits per heavy atom. The number of hydrogen-bond acceptors (Lipinski definition) is 3. The first-order chi connectivity index (χ1) is 8.29. The minimum Gasteiger partial charge on any atom is -0.458 e. The van der Waals surface area contributed by atoms with E-state index < -0.39 is 23.1 Å². The van der Waals surface area contributed by atoms with Crippen LogP contribution in [-0.4, -0.2) is 28.2 Å². The summed E-state index contributed by atoms with van der Waals surface area (Å²) in [4.78, 5) is 11.6. The van der Waals surface area contributed by atoms with Crippen molar-refractivity contribution in [3.8, 4) is 0 Å². The van der Waals surface area contributed by atoms with Crippen LogP contribution in [0.3, 0.4) is 0 Å². The van der Waals surface area contributed by atoms with Gasteiger partial charge in [0.2, 0.25) is 0 Å². The molecule has 0 radical (unpaired) electrons. The van der Waals surface area contributed by atoms with E-state index >= 15 is 0 Å². The van der Waals surface area contributed by atoms with Crippen LogP contribution in [0.1, 0.15) is 26.3 Å². The van der Waals surface area contributed by atoms with Gasteiger partial charge in [0.15, 0.2) is 6.10 Å². The van der Waals surface area contributed by atoms with E-state index in [1.807, 2.05) is 30.3 Å². The van der Waals surface area contributed by atoms with Crippen molar-refractivity contribution in [3.63, 3.8) is 0 Å². The first-order valence-electron chi connectivity index (χ1n) is 5.88. The SMILES string of the molecule is CC(C)(C)OC(=O)[C@H](O)[C@@H](Cl)Cc1ccccc1. The summed E-state index contributed by atoms with van der Waals surface area (Å²) in [5, 5.41) is 9.11. The third kappa shape index (κ3) is 5.07. The summed E-state index contributed by atoms with van der Waals surface area (Å²) in [6.45, 7) is 5.24. The molecule has 0 aliphatic rings. The highest BCUT2D eigenvalue weighted by Crippen LogP contribution is 2.16. The van der Waals surface area contributed by atoms with Crippen LogP contribution in [0.5, 0.6) is 0 Å². The van der Waals surface area contributed by atoms with Crippen molar-refractivity contribution in [2.75, 3.05) is 0 Å². The van der Waals surface area contributed by atoms with Gasteiger partial charge < -0.3 is 9.84 Å². The zero-order valence-corrected chi connectivity index (χ0v) is 11.6. The number of halogens is 1. The Balaban J connectivity index is 2.56. The fourth-order valence-corrected chi connectivity index (χ4v) is 1.74. The highest BCUT2D eigenvalue weighted by Gasteiger charge is 2.29. The Kier molecular flexibility index (Phi) is 5.17. The van der Waals surface area contributed by atoms with Crippen LogP contribution in [0.15, 0.2) is 30.3 Å². The lowest BCUT2D eigenvalue weighted by Gasteiger charge is -2.23. The average Bonchev–Trinajstić information content (AvgIpc) is 2.27. The summed E-state index contributed by atoms with van der Waals surface area (Å²) in [7, 11) is 0. The van der Waals surface area contributed by atoms with Crippen LogP contribution in [0.2, 0.25) is 0 Å².